The first kappa shape index (κ1) is 11.4. The summed E-state index contributed by atoms with van der Waals surface area (Å²) in [7, 11) is 1.61. The van der Waals surface area contributed by atoms with Crippen LogP contribution in [-0.4, -0.2) is 35.8 Å². The highest BCUT2D eigenvalue weighted by atomic mass is 32.1. The number of aliphatic hydroxyl groups excluding tert-OH is 1. The number of hydrogen-bond donors (Lipinski definition) is 1. The maximum absolute atomic E-state index is 11.7. The lowest BCUT2D eigenvalue weighted by Gasteiger charge is -2.10. The summed E-state index contributed by atoms with van der Waals surface area (Å²) in [5.74, 6) is 0.694. The molecule has 3 rings (SSSR count). The van der Waals surface area contributed by atoms with E-state index in [1.807, 2.05) is 18.2 Å². The van der Waals surface area contributed by atoms with Crippen LogP contribution in [0.3, 0.4) is 0 Å². The second-order valence-corrected chi connectivity index (χ2v) is 5.20. The molecule has 1 aliphatic heterocycles. The monoisotopic (exact) mass is 264 g/mol. The van der Waals surface area contributed by atoms with Crippen LogP contribution in [0.25, 0.3) is 10.2 Å². The molecule has 1 aliphatic rings. The van der Waals surface area contributed by atoms with Gasteiger partial charge in [0.2, 0.25) is 5.91 Å². The van der Waals surface area contributed by atoms with Gasteiger partial charge in [0.15, 0.2) is 5.13 Å². The van der Waals surface area contributed by atoms with E-state index in [9.17, 15) is 9.90 Å². The maximum Gasteiger partial charge on any atom is 0.231 e. The number of rotatable bonds is 2. The number of nitrogens with zero attached hydrogens (tertiary/aromatic N) is 2. The Kier molecular flexibility index (Phi) is 2.68. The first-order valence-electron chi connectivity index (χ1n) is 5.60. The Hall–Kier alpha value is -1.66. The summed E-state index contributed by atoms with van der Waals surface area (Å²) < 4.78 is 6.12. The Morgan fingerprint density at radius 1 is 1.56 bits per heavy atom. The molecule has 1 aromatic heterocycles. The minimum absolute atomic E-state index is 0.0754. The molecule has 2 heterocycles. The standard InChI is InChI=1S/C12H12N2O3S/c1-17-8-2-3-9-10(5-8)18-12(13-9)14-6-7(15)4-11(14)16/h2-3,5,7,15H,4,6H2,1H3. The zero-order chi connectivity index (χ0) is 12.7. The van der Waals surface area contributed by atoms with E-state index in [4.69, 9.17) is 4.74 Å². The molecule has 6 heteroatoms. The van der Waals surface area contributed by atoms with Crippen molar-refractivity contribution >= 4 is 32.6 Å². The van der Waals surface area contributed by atoms with Crippen LogP contribution in [0.15, 0.2) is 18.2 Å². The summed E-state index contributed by atoms with van der Waals surface area (Å²) in [4.78, 5) is 17.6. The molecule has 94 valence electrons. The number of methoxy groups -OCH3 is 1. The highest BCUT2D eigenvalue weighted by molar-refractivity contribution is 7.22. The molecule has 0 spiro atoms. The van der Waals surface area contributed by atoms with Gasteiger partial charge in [-0.1, -0.05) is 11.3 Å². The van der Waals surface area contributed by atoms with Crippen LogP contribution >= 0.6 is 11.3 Å². The number of thiazole rings is 1. The molecule has 1 aromatic carbocycles. The Bertz CT molecular complexity index is 610. The van der Waals surface area contributed by atoms with Gasteiger partial charge in [0, 0.05) is 0 Å². The van der Waals surface area contributed by atoms with E-state index in [1.54, 1.807) is 12.0 Å². The molecule has 0 radical (unpaired) electrons. The zero-order valence-corrected chi connectivity index (χ0v) is 10.6. The molecule has 5 nitrogen and oxygen atoms in total. The second kappa shape index (κ2) is 4.22. The van der Waals surface area contributed by atoms with E-state index in [-0.39, 0.29) is 12.3 Å². The Morgan fingerprint density at radius 3 is 3.06 bits per heavy atom. The fraction of sp³-hybridized carbons (Fsp3) is 0.333. The molecular formula is C12H12N2O3S. The maximum atomic E-state index is 11.7. The lowest BCUT2D eigenvalue weighted by atomic mass is 10.3. The summed E-state index contributed by atoms with van der Waals surface area (Å²) in [6.07, 6.45) is -0.404. The summed E-state index contributed by atoms with van der Waals surface area (Å²) >= 11 is 1.43. The van der Waals surface area contributed by atoms with E-state index >= 15 is 0 Å². The van der Waals surface area contributed by atoms with E-state index in [2.05, 4.69) is 4.98 Å². The van der Waals surface area contributed by atoms with E-state index in [0.29, 0.717) is 11.7 Å². The number of fused-ring (bicyclic) bond motifs is 1. The largest absolute Gasteiger partial charge is 0.497 e. The summed E-state index contributed by atoms with van der Waals surface area (Å²) in [5.41, 5.74) is 0.838. The summed E-state index contributed by atoms with van der Waals surface area (Å²) in [5, 5.41) is 10.1. The van der Waals surface area contributed by atoms with Gasteiger partial charge in [-0.2, -0.15) is 0 Å². The van der Waals surface area contributed by atoms with Crippen molar-refractivity contribution in [3.63, 3.8) is 0 Å². The third-order valence-corrected chi connectivity index (χ3v) is 3.96. The number of β-amino-alcohol motifs (C(OH)–C–C–N with tert-alkyl or cyclic N) is 1. The topological polar surface area (TPSA) is 62.7 Å². The SMILES string of the molecule is COc1ccc2nc(N3CC(O)CC3=O)sc2c1. The number of anilines is 1. The number of amides is 1. The third-order valence-electron chi connectivity index (χ3n) is 2.92. The van der Waals surface area contributed by atoms with Crippen molar-refractivity contribution < 1.29 is 14.6 Å². The number of aromatic nitrogens is 1. The number of carbonyl (C=O) groups excluding carboxylic acids is 1. The van der Waals surface area contributed by atoms with Gasteiger partial charge in [-0.3, -0.25) is 9.69 Å². The van der Waals surface area contributed by atoms with Crippen molar-refractivity contribution in [2.75, 3.05) is 18.6 Å². The van der Waals surface area contributed by atoms with E-state index < -0.39 is 6.10 Å². The third kappa shape index (κ3) is 1.83. The average molecular weight is 264 g/mol. The van der Waals surface area contributed by atoms with Crippen LogP contribution < -0.4 is 9.64 Å². The van der Waals surface area contributed by atoms with E-state index in [1.165, 1.54) is 11.3 Å². The predicted octanol–water partition coefficient (Wildman–Crippen LogP) is 1.40. The molecule has 1 fully saturated rings. The van der Waals surface area contributed by atoms with Gasteiger partial charge < -0.3 is 9.84 Å². The molecule has 0 saturated carbocycles. The fourth-order valence-corrected chi connectivity index (χ4v) is 3.03. The average Bonchev–Trinajstić information content (AvgIpc) is 2.90. The molecule has 1 amide bonds. The van der Waals surface area contributed by atoms with Crippen LogP contribution in [0, 0.1) is 0 Å². The van der Waals surface area contributed by atoms with Gasteiger partial charge in [0.25, 0.3) is 0 Å². The summed E-state index contributed by atoms with van der Waals surface area (Å²) in [6.45, 7) is 0.329. The number of hydrogen-bond acceptors (Lipinski definition) is 5. The smallest absolute Gasteiger partial charge is 0.231 e. The van der Waals surface area contributed by atoms with Crippen molar-refractivity contribution in [3.05, 3.63) is 18.2 Å². The molecule has 1 saturated heterocycles. The zero-order valence-electron chi connectivity index (χ0n) is 9.79. The molecule has 1 unspecified atom stereocenters. The predicted molar refractivity (Wildman–Crippen MR) is 69.1 cm³/mol. The number of ether oxygens (including phenoxy) is 1. The molecule has 0 aliphatic carbocycles. The molecule has 1 atom stereocenters. The minimum atomic E-state index is -0.584. The lowest BCUT2D eigenvalue weighted by Crippen LogP contribution is -2.24. The highest BCUT2D eigenvalue weighted by Crippen LogP contribution is 2.33. The van der Waals surface area contributed by atoms with Gasteiger partial charge in [-0.15, -0.1) is 0 Å². The van der Waals surface area contributed by atoms with Gasteiger partial charge in [0.1, 0.15) is 5.75 Å². The quantitative estimate of drug-likeness (QED) is 0.890. The van der Waals surface area contributed by atoms with Crippen LogP contribution in [0.1, 0.15) is 6.42 Å². The van der Waals surface area contributed by atoms with Gasteiger partial charge in [-0.05, 0) is 18.2 Å². The van der Waals surface area contributed by atoms with E-state index in [0.717, 1.165) is 16.0 Å². The van der Waals surface area contributed by atoms with Gasteiger partial charge in [0.05, 0.1) is 36.4 Å². The summed E-state index contributed by atoms with van der Waals surface area (Å²) in [6, 6.07) is 5.60. The van der Waals surface area contributed by atoms with Crippen molar-refractivity contribution in [3.8, 4) is 5.75 Å². The minimum Gasteiger partial charge on any atom is -0.497 e. The fourth-order valence-electron chi connectivity index (χ4n) is 2.01. The van der Waals surface area contributed by atoms with Crippen LogP contribution in [-0.2, 0) is 4.79 Å². The molecular weight excluding hydrogens is 252 g/mol. The van der Waals surface area contributed by atoms with Crippen LogP contribution in [0.5, 0.6) is 5.75 Å². The van der Waals surface area contributed by atoms with Crippen molar-refractivity contribution in [2.24, 2.45) is 0 Å². The number of aliphatic hydroxyl groups is 1. The van der Waals surface area contributed by atoms with Crippen LogP contribution in [0.2, 0.25) is 0 Å². The van der Waals surface area contributed by atoms with Crippen molar-refractivity contribution in [2.45, 2.75) is 12.5 Å². The number of carbonyl (C=O) groups is 1. The first-order chi connectivity index (χ1) is 8.67. The number of benzene rings is 1. The van der Waals surface area contributed by atoms with Gasteiger partial charge >= 0.3 is 0 Å². The second-order valence-electron chi connectivity index (χ2n) is 4.19. The Morgan fingerprint density at radius 2 is 2.39 bits per heavy atom. The van der Waals surface area contributed by atoms with Crippen molar-refractivity contribution in [1.29, 1.82) is 0 Å². The van der Waals surface area contributed by atoms with Crippen LogP contribution in [0.4, 0.5) is 5.13 Å². The van der Waals surface area contributed by atoms with Crippen molar-refractivity contribution in [1.82, 2.24) is 4.98 Å². The molecule has 1 N–H and O–H groups in total. The Labute approximate surface area is 108 Å². The molecule has 0 bridgehead atoms. The molecule has 2 aromatic rings. The first-order valence-corrected chi connectivity index (χ1v) is 6.42. The Balaban J connectivity index is 2.00. The molecule has 18 heavy (non-hydrogen) atoms. The lowest BCUT2D eigenvalue weighted by molar-refractivity contribution is -0.117. The highest BCUT2D eigenvalue weighted by Gasteiger charge is 2.31. The van der Waals surface area contributed by atoms with Gasteiger partial charge in [-0.25, -0.2) is 4.98 Å². The normalized spacial score (nSPS) is 19.8.